The molecule has 1 aromatic heterocycles. The topological polar surface area (TPSA) is 75.4 Å². The van der Waals surface area contributed by atoms with E-state index in [0.717, 1.165) is 5.56 Å². The molecule has 0 saturated heterocycles. The maximum absolute atomic E-state index is 12.0. The molecule has 0 spiro atoms. The van der Waals surface area contributed by atoms with Crippen LogP contribution in [0.15, 0.2) is 35.1 Å². The largest absolute Gasteiger partial charge is 0.394 e. The first-order valence-corrected chi connectivity index (χ1v) is 6.11. The van der Waals surface area contributed by atoms with Gasteiger partial charge in [0.25, 0.3) is 5.91 Å². The fraction of sp³-hybridized carbons (Fsp3) is 0.231. The number of aromatic nitrogens is 1. The third kappa shape index (κ3) is 3.13. The fourth-order valence-corrected chi connectivity index (χ4v) is 1.69. The summed E-state index contributed by atoms with van der Waals surface area (Å²) < 4.78 is 4.86. The van der Waals surface area contributed by atoms with Gasteiger partial charge in [0.05, 0.1) is 6.61 Å². The molecule has 2 rings (SSSR count). The standard InChI is InChI=1S/C13H13ClN2O3/c1-8(6-17)15-13(18)11-7-19-16-12(11)9-2-4-10(14)5-3-9/h2-5,7-8,17H,6H2,1H3,(H,15,18). The average molecular weight is 281 g/mol. The van der Waals surface area contributed by atoms with Crippen LogP contribution in [0.4, 0.5) is 0 Å². The molecule has 1 unspecified atom stereocenters. The first-order valence-electron chi connectivity index (χ1n) is 5.74. The van der Waals surface area contributed by atoms with Gasteiger partial charge in [-0.25, -0.2) is 0 Å². The first-order chi connectivity index (χ1) is 9.11. The van der Waals surface area contributed by atoms with Crippen LogP contribution in [0, 0.1) is 0 Å². The van der Waals surface area contributed by atoms with Crippen molar-refractivity contribution in [1.82, 2.24) is 10.5 Å². The number of aliphatic hydroxyl groups excluding tert-OH is 1. The summed E-state index contributed by atoms with van der Waals surface area (Å²) in [4.78, 5) is 12.0. The molecule has 2 aromatic rings. The van der Waals surface area contributed by atoms with Crippen molar-refractivity contribution in [1.29, 1.82) is 0 Å². The zero-order chi connectivity index (χ0) is 13.8. The number of hydrogen-bond donors (Lipinski definition) is 2. The second kappa shape index (κ2) is 5.86. The number of benzene rings is 1. The molecule has 0 bridgehead atoms. The molecule has 100 valence electrons. The first kappa shape index (κ1) is 13.6. The number of nitrogens with one attached hydrogen (secondary N) is 1. The van der Waals surface area contributed by atoms with Gasteiger partial charge in [-0.15, -0.1) is 0 Å². The van der Waals surface area contributed by atoms with E-state index in [1.165, 1.54) is 6.26 Å². The normalized spacial score (nSPS) is 12.2. The zero-order valence-electron chi connectivity index (χ0n) is 10.3. The minimum absolute atomic E-state index is 0.132. The molecule has 0 fully saturated rings. The fourth-order valence-electron chi connectivity index (χ4n) is 1.56. The van der Waals surface area contributed by atoms with Gasteiger partial charge in [-0.05, 0) is 19.1 Å². The van der Waals surface area contributed by atoms with Crippen LogP contribution in [0.2, 0.25) is 5.02 Å². The second-order valence-electron chi connectivity index (χ2n) is 4.14. The van der Waals surface area contributed by atoms with Crippen molar-refractivity contribution in [3.63, 3.8) is 0 Å². The van der Waals surface area contributed by atoms with Gasteiger partial charge in [-0.3, -0.25) is 4.79 Å². The van der Waals surface area contributed by atoms with Crippen molar-refractivity contribution in [2.75, 3.05) is 6.61 Å². The van der Waals surface area contributed by atoms with Crippen molar-refractivity contribution >= 4 is 17.5 Å². The lowest BCUT2D eigenvalue weighted by Gasteiger charge is -2.09. The monoisotopic (exact) mass is 280 g/mol. The van der Waals surface area contributed by atoms with Crippen LogP contribution in [0.3, 0.4) is 0 Å². The molecular weight excluding hydrogens is 268 g/mol. The minimum Gasteiger partial charge on any atom is -0.394 e. The van der Waals surface area contributed by atoms with Gasteiger partial charge in [-0.1, -0.05) is 28.9 Å². The van der Waals surface area contributed by atoms with Gasteiger partial charge < -0.3 is 14.9 Å². The molecule has 0 aliphatic rings. The number of carbonyl (C=O) groups is 1. The van der Waals surface area contributed by atoms with Crippen LogP contribution in [0.5, 0.6) is 0 Å². The molecule has 5 nitrogen and oxygen atoms in total. The van der Waals surface area contributed by atoms with Crippen LogP contribution in [0.25, 0.3) is 11.3 Å². The predicted molar refractivity (Wildman–Crippen MR) is 71.0 cm³/mol. The number of rotatable bonds is 4. The Hall–Kier alpha value is -1.85. The number of amides is 1. The van der Waals surface area contributed by atoms with Crippen LogP contribution in [-0.2, 0) is 0 Å². The van der Waals surface area contributed by atoms with Gasteiger partial charge in [0.15, 0.2) is 0 Å². The van der Waals surface area contributed by atoms with E-state index in [4.69, 9.17) is 21.2 Å². The third-order valence-corrected chi connectivity index (χ3v) is 2.84. The minimum atomic E-state index is -0.340. The van der Waals surface area contributed by atoms with E-state index >= 15 is 0 Å². The highest BCUT2D eigenvalue weighted by Crippen LogP contribution is 2.23. The molecule has 0 radical (unpaired) electrons. The van der Waals surface area contributed by atoms with Crippen LogP contribution in [-0.4, -0.2) is 28.8 Å². The predicted octanol–water partition coefficient (Wildman–Crippen LogP) is 2.11. The SMILES string of the molecule is CC(CO)NC(=O)c1conc1-c1ccc(Cl)cc1. The number of aliphatic hydroxyl groups is 1. The van der Waals surface area contributed by atoms with Crippen molar-refractivity contribution in [3.8, 4) is 11.3 Å². The summed E-state index contributed by atoms with van der Waals surface area (Å²) in [6.07, 6.45) is 1.28. The molecule has 2 N–H and O–H groups in total. The van der Waals surface area contributed by atoms with E-state index in [-0.39, 0.29) is 18.6 Å². The molecular formula is C13H13ClN2O3. The molecule has 6 heteroatoms. The van der Waals surface area contributed by atoms with E-state index in [0.29, 0.717) is 16.3 Å². The molecule has 1 amide bonds. The average Bonchev–Trinajstić information content (AvgIpc) is 2.88. The maximum Gasteiger partial charge on any atom is 0.257 e. The Morgan fingerprint density at radius 3 is 2.79 bits per heavy atom. The highest BCUT2D eigenvalue weighted by molar-refractivity contribution is 6.30. The summed E-state index contributed by atoms with van der Waals surface area (Å²) in [5, 5.41) is 16.0. The van der Waals surface area contributed by atoms with Crippen molar-refractivity contribution < 1.29 is 14.4 Å². The van der Waals surface area contributed by atoms with E-state index in [1.54, 1.807) is 31.2 Å². The number of carbonyl (C=O) groups excluding carboxylic acids is 1. The molecule has 1 heterocycles. The Morgan fingerprint density at radius 2 is 2.16 bits per heavy atom. The summed E-state index contributed by atoms with van der Waals surface area (Å²) >= 11 is 5.81. The Morgan fingerprint density at radius 1 is 1.47 bits per heavy atom. The third-order valence-electron chi connectivity index (χ3n) is 2.58. The van der Waals surface area contributed by atoms with Gasteiger partial charge in [-0.2, -0.15) is 0 Å². The van der Waals surface area contributed by atoms with Gasteiger partial charge in [0.2, 0.25) is 0 Å². The van der Waals surface area contributed by atoms with Crippen LogP contribution < -0.4 is 5.32 Å². The highest BCUT2D eigenvalue weighted by Gasteiger charge is 2.18. The summed E-state index contributed by atoms with van der Waals surface area (Å²) in [5.74, 6) is -0.340. The summed E-state index contributed by atoms with van der Waals surface area (Å²) in [6.45, 7) is 1.57. The van der Waals surface area contributed by atoms with Crippen LogP contribution >= 0.6 is 11.6 Å². The quantitative estimate of drug-likeness (QED) is 0.899. The Balaban J connectivity index is 2.27. The van der Waals surface area contributed by atoms with E-state index in [2.05, 4.69) is 10.5 Å². The summed E-state index contributed by atoms with van der Waals surface area (Å²) in [7, 11) is 0. The molecule has 0 aliphatic heterocycles. The summed E-state index contributed by atoms with van der Waals surface area (Å²) in [5.41, 5.74) is 1.50. The number of hydrogen-bond acceptors (Lipinski definition) is 4. The molecule has 0 aliphatic carbocycles. The summed E-state index contributed by atoms with van der Waals surface area (Å²) in [6, 6.07) is 6.60. The van der Waals surface area contributed by atoms with Crippen LogP contribution in [0.1, 0.15) is 17.3 Å². The van der Waals surface area contributed by atoms with Gasteiger partial charge in [0.1, 0.15) is 17.5 Å². The van der Waals surface area contributed by atoms with Gasteiger partial charge in [0, 0.05) is 16.6 Å². The Bertz CT molecular complexity index is 566. The van der Waals surface area contributed by atoms with Crippen molar-refractivity contribution in [2.45, 2.75) is 13.0 Å². The van der Waals surface area contributed by atoms with E-state index in [1.807, 2.05) is 0 Å². The van der Waals surface area contributed by atoms with Gasteiger partial charge >= 0.3 is 0 Å². The zero-order valence-corrected chi connectivity index (χ0v) is 11.0. The lowest BCUT2D eigenvalue weighted by molar-refractivity contribution is 0.0922. The lowest BCUT2D eigenvalue weighted by Crippen LogP contribution is -2.35. The molecule has 1 aromatic carbocycles. The lowest BCUT2D eigenvalue weighted by atomic mass is 10.1. The van der Waals surface area contributed by atoms with Crippen molar-refractivity contribution in [2.24, 2.45) is 0 Å². The highest BCUT2D eigenvalue weighted by atomic mass is 35.5. The van der Waals surface area contributed by atoms with E-state index < -0.39 is 0 Å². The molecule has 0 saturated carbocycles. The maximum atomic E-state index is 12.0. The molecule has 19 heavy (non-hydrogen) atoms. The Kier molecular flexibility index (Phi) is 4.19. The second-order valence-corrected chi connectivity index (χ2v) is 4.58. The molecule has 1 atom stereocenters. The smallest absolute Gasteiger partial charge is 0.257 e. The number of halogens is 1. The number of nitrogens with zero attached hydrogens (tertiary/aromatic N) is 1. The van der Waals surface area contributed by atoms with E-state index in [9.17, 15) is 4.79 Å². The Labute approximate surface area is 115 Å². The van der Waals surface area contributed by atoms with Crippen molar-refractivity contribution in [3.05, 3.63) is 41.1 Å².